The highest BCUT2D eigenvalue weighted by Gasteiger charge is 2.11. The number of nitrogens with zero attached hydrogens (tertiary/aromatic N) is 1. The van der Waals surface area contributed by atoms with E-state index in [-0.39, 0.29) is 17.6 Å². The summed E-state index contributed by atoms with van der Waals surface area (Å²) in [6.45, 7) is 0.377. The molecule has 0 unspecified atom stereocenters. The van der Waals surface area contributed by atoms with Crippen LogP contribution in [0.2, 0.25) is 0 Å². The second kappa shape index (κ2) is 8.98. The largest absolute Gasteiger partial charge is 0.347 e. The lowest BCUT2D eigenvalue weighted by Crippen LogP contribution is -2.21. The van der Waals surface area contributed by atoms with Gasteiger partial charge in [-0.2, -0.15) is 0 Å². The van der Waals surface area contributed by atoms with E-state index in [4.69, 9.17) is 0 Å². The summed E-state index contributed by atoms with van der Waals surface area (Å²) in [5.41, 5.74) is 2.62. The number of carbonyl (C=O) groups excluding carboxylic acids is 2. The van der Waals surface area contributed by atoms with E-state index < -0.39 is 0 Å². The minimum atomic E-state index is -0.335. The Bertz CT molecular complexity index is 1170. The second-order valence-corrected chi connectivity index (χ2v) is 8.17. The highest BCUT2D eigenvalue weighted by molar-refractivity contribution is 7.14. The topological polar surface area (TPSA) is 71.1 Å². The summed E-state index contributed by atoms with van der Waals surface area (Å²) in [6.07, 6.45) is 0. The molecular weight excluding hydrogens is 421 g/mol. The quantitative estimate of drug-likeness (QED) is 0.436. The first-order valence-corrected chi connectivity index (χ1v) is 10.8. The summed E-state index contributed by atoms with van der Waals surface area (Å²) in [6, 6.07) is 16.7. The fraction of sp³-hybridized carbons (Fsp3) is 0.0455. The first-order chi connectivity index (χ1) is 14.6. The highest BCUT2D eigenvalue weighted by atomic mass is 32.1. The summed E-state index contributed by atoms with van der Waals surface area (Å²) in [5, 5.41) is 9.66. The molecule has 2 aromatic heterocycles. The van der Waals surface area contributed by atoms with E-state index in [2.05, 4.69) is 15.6 Å². The van der Waals surface area contributed by atoms with Gasteiger partial charge >= 0.3 is 0 Å². The molecule has 0 aliphatic heterocycles. The predicted molar refractivity (Wildman–Crippen MR) is 117 cm³/mol. The van der Waals surface area contributed by atoms with Crippen molar-refractivity contribution in [2.45, 2.75) is 6.54 Å². The van der Waals surface area contributed by atoms with Gasteiger partial charge in [0.15, 0.2) is 5.13 Å². The molecular formula is C22H16FN3O2S2. The number of nitrogens with one attached hydrogen (secondary N) is 2. The highest BCUT2D eigenvalue weighted by Crippen LogP contribution is 2.25. The minimum Gasteiger partial charge on any atom is -0.347 e. The van der Waals surface area contributed by atoms with Crippen LogP contribution in [0.15, 0.2) is 71.4 Å². The summed E-state index contributed by atoms with van der Waals surface area (Å²) in [5.74, 6) is -0.744. The number of halogens is 1. The lowest BCUT2D eigenvalue weighted by Gasteiger charge is -2.06. The van der Waals surface area contributed by atoms with Gasteiger partial charge in [-0.05, 0) is 41.3 Å². The number of thiazole rings is 1. The minimum absolute atomic E-state index is 0.121. The number of aromatic nitrogens is 1. The van der Waals surface area contributed by atoms with Gasteiger partial charge in [-0.3, -0.25) is 14.9 Å². The number of carbonyl (C=O) groups is 2. The first kappa shape index (κ1) is 19.9. The Morgan fingerprint density at radius 2 is 1.80 bits per heavy atom. The van der Waals surface area contributed by atoms with E-state index in [0.717, 1.165) is 5.56 Å². The fourth-order valence-electron chi connectivity index (χ4n) is 2.73. The van der Waals surface area contributed by atoms with Gasteiger partial charge in [0.25, 0.3) is 11.8 Å². The molecule has 8 heteroatoms. The van der Waals surface area contributed by atoms with Crippen LogP contribution in [-0.4, -0.2) is 16.8 Å². The van der Waals surface area contributed by atoms with Crippen LogP contribution in [0.3, 0.4) is 0 Å². The van der Waals surface area contributed by atoms with E-state index in [9.17, 15) is 14.0 Å². The molecule has 2 aromatic carbocycles. The molecule has 0 radical (unpaired) electrons. The summed E-state index contributed by atoms with van der Waals surface area (Å²) >= 11 is 2.66. The normalized spacial score (nSPS) is 10.6. The maximum Gasteiger partial charge on any atom is 0.261 e. The van der Waals surface area contributed by atoms with Crippen LogP contribution in [0.5, 0.6) is 0 Å². The molecule has 2 amide bonds. The maximum absolute atomic E-state index is 13.4. The van der Waals surface area contributed by atoms with Gasteiger partial charge in [-0.1, -0.05) is 30.3 Å². The van der Waals surface area contributed by atoms with Gasteiger partial charge in [0, 0.05) is 23.1 Å². The number of benzene rings is 2. The van der Waals surface area contributed by atoms with Crippen LogP contribution in [-0.2, 0) is 6.54 Å². The number of rotatable bonds is 6. The van der Waals surface area contributed by atoms with Gasteiger partial charge in [0.1, 0.15) is 5.82 Å². The molecule has 5 nitrogen and oxygen atoms in total. The number of amides is 2. The van der Waals surface area contributed by atoms with Gasteiger partial charge < -0.3 is 5.32 Å². The van der Waals surface area contributed by atoms with Crippen molar-refractivity contribution < 1.29 is 14.0 Å². The summed E-state index contributed by atoms with van der Waals surface area (Å²) < 4.78 is 13.4. The molecule has 0 saturated heterocycles. The molecule has 4 aromatic rings. The van der Waals surface area contributed by atoms with E-state index in [1.54, 1.807) is 47.8 Å². The van der Waals surface area contributed by atoms with Crippen molar-refractivity contribution in [1.29, 1.82) is 0 Å². The second-order valence-electron chi connectivity index (χ2n) is 6.36. The Kier molecular flexibility index (Phi) is 5.97. The molecule has 0 spiro atoms. The number of thiophene rings is 1. The molecule has 0 atom stereocenters. The first-order valence-electron chi connectivity index (χ1n) is 9.02. The number of hydrogen-bond donors (Lipinski definition) is 2. The third-order valence-corrected chi connectivity index (χ3v) is 5.89. The summed E-state index contributed by atoms with van der Waals surface area (Å²) in [4.78, 5) is 29.5. The number of anilines is 1. The summed E-state index contributed by atoms with van der Waals surface area (Å²) in [7, 11) is 0. The monoisotopic (exact) mass is 437 g/mol. The van der Waals surface area contributed by atoms with Crippen LogP contribution in [0.1, 0.15) is 25.6 Å². The standard InChI is InChI=1S/C22H16FN3O2S2/c23-17-4-1-3-16(11-17)18-13-30-22(25-18)26-20(27)15-8-6-14(7-9-15)12-24-21(28)19-5-2-10-29-19/h1-11,13H,12H2,(H,24,28)(H,25,26,27). The van der Waals surface area contributed by atoms with Crippen molar-refractivity contribution in [3.8, 4) is 11.3 Å². The smallest absolute Gasteiger partial charge is 0.261 e. The Morgan fingerprint density at radius 1 is 0.967 bits per heavy atom. The van der Waals surface area contributed by atoms with Gasteiger partial charge in [-0.25, -0.2) is 9.37 Å². The van der Waals surface area contributed by atoms with Gasteiger partial charge in [-0.15, -0.1) is 22.7 Å². The van der Waals surface area contributed by atoms with Crippen molar-refractivity contribution >= 4 is 39.6 Å². The van der Waals surface area contributed by atoms with Gasteiger partial charge in [0.05, 0.1) is 10.6 Å². The zero-order valence-corrected chi connectivity index (χ0v) is 17.2. The van der Waals surface area contributed by atoms with Crippen molar-refractivity contribution in [2.24, 2.45) is 0 Å². The van der Waals surface area contributed by atoms with Crippen LogP contribution in [0.25, 0.3) is 11.3 Å². The third kappa shape index (κ3) is 4.79. The van der Waals surface area contributed by atoms with E-state index >= 15 is 0 Å². The van der Waals surface area contributed by atoms with Crippen molar-refractivity contribution in [1.82, 2.24) is 10.3 Å². The Balaban J connectivity index is 1.35. The van der Waals surface area contributed by atoms with E-state index in [1.165, 1.54) is 34.8 Å². The average Bonchev–Trinajstić information content (AvgIpc) is 3.45. The molecule has 0 aliphatic carbocycles. The predicted octanol–water partition coefficient (Wildman–Crippen LogP) is 5.19. The van der Waals surface area contributed by atoms with Crippen LogP contribution >= 0.6 is 22.7 Å². The van der Waals surface area contributed by atoms with Crippen LogP contribution < -0.4 is 10.6 Å². The van der Waals surface area contributed by atoms with Gasteiger partial charge in [0.2, 0.25) is 0 Å². The molecule has 0 bridgehead atoms. The zero-order valence-electron chi connectivity index (χ0n) is 15.6. The van der Waals surface area contributed by atoms with Crippen molar-refractivity contribution in [3.63, 3.8) is 0 Å². The molecule has 30 heavy (non-hydrogen) atoms. The SMILES string of the molecule is O=C(Nc1nc(-c2cccc(F)c2)cs1)c1ccc(CNC(=O)c2cccs2)cc1. The van der Waals surface area contributed by atoms with E-state index in [0.29, 0.717) is 33.4 Å². The molecule has 0 fully saturated rings. The Morgan fingerprint density at radius 3 is 2.53 bits per heavy atom. The maximum atomic E-state index is 13.4. The lowest BCUT2D eigenvalue weighted by atomic mass is 10.1. The van der Waals surface area contributed by atoms with Crippen LogP contribution in [0, 0.1) is 5.82 Å². The molecule has 0 saturated carbocycles. The molecule has 0 aliphatic rings. The zero-order chi connectivity index (χ0) is 20.9. The third-order valence-electron chi connectivity index (χ3n) is 4.26. The molecule has 4 rings (SSSR count). The van der Waals surface area contributed by atoms with Crippen molar-refractivity contribution in [3.05, 3.63) is 93.2 Å². The van der Waals surface area contributed by atoms with E-state index in [1.807, 2.05) is 11.4 Å². The molecule has 150 valence electrons. The molecule has 2 heterocycles. The number of hydrogen-bond acceptors (Lipinski definition) is 5. The average molecular weight is 438 g/mol. The Labute approximate surface area is 180 Å². The molecule has 2 N–H and O–H groups in total. The fourth-order valence-corrected chi connectivity index (χ4v) is 4.09. The van der Waals surface area contributed by atoms with Crippen LogP contribution in [0.4, 0.5) is 9.52 Å². The lowest BCUT2D eigenvalue weighted by molar-refractivity contribution is 0.0953. The van der Waals surface area contributed by atoms with Crippen molar-refractivity contribution in [2.75, 3.05) is 5.32 Å². The Hall–Kier alpha value is -3.36.